The van der Waals surface area contributed by atoms with Gasteiger partial charge < -0.3 is 10.5 Å². The van der Waals surface area contributed by atoms with Crippen molar-refractivity contribution in [3.63, 3.8) is 0 Å². The van der Waals surface area contributed by atoms with Crippen molar-refractivity contribution in [2.75, 3.05) is 12.3 Å². The lowest BCUT2D eigenvalue weighted by Crippen LogP contribution is -2.42. The van der Waals surface area contributed by atoms with Crippen LogP contribution in [-0.4, -0.2) is 17.5 Å². The third-order valence-corrected chi connectivity index (χ3v) is 6.14. The molecule has 110 valence electrons. The van der Waals surface area contributed by atoms with E-state index in [-0.39, 0.29) is 5.60 Å². The van der Waals surface area contributed by atoms with Crippen LogP contribution >= 0.6 is 11.8 Å². The van der Waals surface area contributed by atoms with E-state index in [1.54, 1.807) is 0 Å². The molecule has 1 atom stereocenters. The molecule has 0 bridgehead atoms. The highest BCUT2D eigenvalue weighted by Crippen LogP contribution is 2.44. The van der Waals surface area contributed by atoms with Crippen LogP contribution < -0.4 is 5.73 Å². The third-order valence-electron chi connectivity index (χ3n) is 4.79. The Kier molecular flexibility index (Phi) is 4.27. The lowest BCUT2D eigenvalue weighted by atomic mass is 9.80. The molecule has 1 unspecified atom stereocenters. The topological polar surface area (TPSA) is 35.2 Å². The van der Waals surface area contributed by atoms with Crippen LogP contribution in [0.25, 0.3) is 0 Å². The van der Waals surface area contributed by atoms with Gasteiger partial charge in [0.05, 0.1) is 5.60 Å². The molecule has 2 nitrogen and oxygen atoms in total. The van der Waals surface area contributed by atoms with Crippen LogP contribution in [0.1, 0.15) is 50.5 Å². The number of anilines is 1. The Morgan fingerprint density at radius 2 is 2.05 bits per heavy atom. The second-order valence-corrected chi connectivity index (χ2v) is 7.65. The molecule has 1 heterocycles. The summed E-state index contributed by atoms with van der Waals surface area (Å²) in [6, 6.07) is 6.37. The van der Waals surface area contributed by atoms with Gasteiger partial charge in [-0.25, -0.2) is 0 Å². The molecule has 20 heavy (non-hydrogen) atoms. The van der Waals surface area contributed by atoms with E-state index in [0.717, 1.165) is 18.7 Å². The predicted molar refractivity (Wildman–Crippen MR) is 86.2 cm³/mol. The third kappa shape index (κ3) is 2.99. The minimum Gasteiger partial charge on any atom is -0.398 e. The maximum Gasteiger partial charge on any atom is 0.0693 e. The SMILES string of the molecule is Cc1cccc(SC2CCOC3(CCCCC3)C2)c1N. The highest BCUT2D eigenvalue weighted by molar-refractivity contribution is 8.00. The second-order valence-electron chi connectivity index (χ2n) is 6.31. The number of benzene rings is 1. The quantitative estimate of drug-likeness (QED) is 0.812. The van der Waals surface area contributed by atoms with Crippen molar-refractivity contribution in [3.8, 4) is 0 Å². The lowest BCUT2D eigenvalue weighted by molar-refractivity contribution is -0.0970. The van der Waals surface area contributed by atoms with Crippen LogP contribution in [0.4, 0.5) is 5.69 Å². The summed E-state index contributed by atoms with van der Waals surface area (Å²) in [4.78, 5) is 1.25. The van der Waals surface area contributed by atoms with Gasteiger partial charge in [-0.3, -0.25) is 0 Å². The molecule has 1 aromatic carbocycles. The fourth-order valence-corrected chi connectivity index (χ4v) is 4.97. The van der Waals surface area contributed by atoms with Gasteiger partial charge in [0, 0.05) is 22.4 Å². The van der Waals surface area contributed by atoms with Crippen molar-refractivity contribution < 1.29 is 4.74 Å². The van der Waals surface area contributed by atoms with Gasteiger partial charge in [-0.05, 0) is 44.2 Å². The van der Waals surface area contributed by atoms with Crippen molar-refractivity contribution in [3.05, 3.63) is 23.8 Å². The summed E-state index contributed by atoms with van der Waals surface area (Å²) >= 11 is 1.97. The van der Waals surface area contributed by atoms with Gasteiger partial charge in [0.2, 0.25) is 0 Å². The van der Waals surface area contributed by atoms with Crippen LogP contribution in [0.2, 0.25) is 0 Å². The largest absolute Gasteiger partial charge is 0.398 e. The summed E-state index contributed by atoms with van der Waals surface area (Å²) in [5, 5.41) is 0.658. The van der Waals surface area contributed by atoms with E-state index < -0.39 is 0 Å². The number of ether oxygens (including phenoxy) is 1. The van der Waals surface area contributed by atoms with Crippen LogP contribution in [0.15, 0.2) is 23.1 Å². The minimum absolute atomic E-state index is 0.187. The number of para-hydroxylation sites is 1. The number of nitrogens with two attached hydrogens (primary N) is 1. The minimum atomic E-state index is 0.187. The standard InChI is InChI=1S/C17H25NOS/c1-13-6-5-7-15(16(13)18)20-14-8-11-19-17(12-14)9-3-2-4-10-17/h5-7,14H,2-4,8-12,18H2,1H3. The van der Waals surface area contributed by atoms with Crippen LogP contribution in [0.5, 0.6) is 0 Å². The van der Waals surface area contributed by atoms with Gasteiger partial charge in [-0.1, -0.05) is 31.4 Å². The monoisotopic (exact) mass is 291 g/mol. The van der Waals surface area contributed by atoms with E-state index >= 15 is 0 Å². The Balaban J connectivity index is 1.69. The molecule has 3 rings (SSSR count). The Bertz CT molecular complexity index is 463. The molecule has 0 amide bonds. The van der Waals surface area contributed by atoms with Crippen molar-refractivity contribution in [2.45, 2.75) is 67.6 Å². The van der Waals surface area contributed by atoms with Crippen molar-refractivity contribution in [1.29, 1.82) is 0 Å². The fraction of sp³-hybridized carbons (Fsp3) is 0.647. The Morgan fingerprint density at radius 1 is 1.25 bits per heavy atom. The van der Waals surface area contributed by atoms with E-state index in [1.807, 2.05) is 11.8 Å². The first kappa shape index (κ1) is 14.3. The molecule has 0 radical (unpaired) electrons. The molecule has 1 aliphatic heterocycles. The van der Waals surface area contributed by atoms with Crippen LogP contribution in [0.3, 0.4) is 0 Å². The zero-order chi connectivity index (χ0) is 14.0. The van der Waals surface area contributed by atoms with E-state index in [1.165, 1.54) is 49.0 Å². The zero-order valence-corrected chi connectivity index (χ0v) is 13.2. The van der Waals surface area contributed by atoms with Gasteiger partial charge in [0.25, 0.3) is 0 Å². The first-order chi connectivity index (χ1) is 9.69. The molecule has 1 saturated carbocycles. The number of hydrogen-bond donors (Lipinski definition) is 1. The summed E-state index contributed by atoms with van der Waals surface area (Å²) in [6.07, 6.45) is 8.92. The lowest BCUT2D eigenvalue weighted by Gasteiger charge is -2.43. The molecule has 1 saturated heterocycles. The molecule has 1 aliphatic carbocycles. The molecular formula is C17H25NOS. The van der Waals surface area contributed by atoms with Gasteiger partial charge in [-0.2, -0.15) is 0 Å². The first-order valence-electron chi connectivity index (χ1n) is 7.84. The Hall–Kier alpha value is -0.670. The highest BCUT2D eigenvalue weighted by Gasteiger charge is 2.38. The fourth-order valence-electron chi connectivity index (χ4n) is 3.56. The van der Waals surface area contributed by atoms with Crippen LogP contribution in [-0.2, 0) is 4.74 Å². The van der Waals surface area contributed by atoms with Gasteiger partial charge in [-0.15, -0.1) is 11.8 Å². The van der Waals surface area contributed by atoms with Gasteiger partial charge >= 0.3 is 0 Å². The second kappa shape index (κ2) is 5.98. The molecule has 2 N–H and O–H groups in total. The van der Waals surface area contributed by atoms with Crippen LogP contribution in [0, 0.1) is 6.92 Å². The molecular weight excluding hydrogens is 266 g/mol. The van der Waals surface area contributed by atoms with Crippen molar-refractivity contribution >= 4 is 17.4 Å². The highest BCUT2D eigenvalue weighted by atomic mass is 32.2. The summed E-state index contributed by atoms with van der Waals surface area (Å²) < 4.78 is 6.18. The van der Waals surface area contributed by atoms with Crippen molar-refractivity contribution in [1.82, 2.24) is 0 Å². The summed E-state index contributed by atoms with van der Waals surface area (Å²) in [6.45, 7) is 3.01. The number of aryl methyl sites for hydroxylation is 1. The van der Waals surface area contributed by atoms with E-state index in [9.17, 15) is 0 Å². The maximum atomic E-state index is 6.22. The predicted octanol–water partition coefficient (Wildman–Crippen LogP) is 4.55. The molecule has 1 spiro atoms. The smallest absolute Gasteiger partial charge is 0.0693 e. The number of rotatable bonds is 2. The van der Waals surface area contributed by atoms with Crippen molar-refractivity contribution in [2.24, 2.45) is 0 Å². The first-order valence-corrected chi connectivity index (χ1v) is 8.72. The molecule has 3 heteroatoms. The molecule has 1 aromatic rings. The Morgan fingerprint density at radius 3 is 2.85 bits per heavy atom. The molecule has 2 aliphatic rings. The average Bonchev–Trinajstić information content (AvgIpc) is 2.45. The number of thioether (sulfide) groups is 1. The van der Waals surface area contributed by atoms with Gasteiger partial charge in [0.15, 0.2) is 0 Å². The summed E-state index contributed by atoms with van der Waals surface area (Å²) in [7, 11) is 0. The molecule has 0 aromatic heterocycles. The molecule has 2 fully saturated rings. The van der Waals surface area contributed by atoms with E-state index in [2.05, 4.69) is 25.1 Å². The summed E-state index contributed by atoms with van der Waals surface area (Å²) in [5.41, 5.74) is 8.55. The van der Waals surface area contributed by atoms with E-state index in [0.29, 0.717) is 5.25 Å². The van der Waals surface area contributed by atoms with Gasteiger partial charge in [0.1, 0.15) is 0 Å². The Labute approximate surface area is 126 Å². The number of hydrogen-bond acceptors (Lipinski definition) is 3. The normalized spacial score (nSPS) is 25.8. The zero-order valence-electron chi connectivity index (χ0n) is 12.4. The average molecular weight is 291 g/mol. The maximum absolute atomic E-state index is 6.22. The van der Waals surface area contributed by atoms with E-state index in [4.69, 9.17) is 10.5 Å². The summed E-state index contributed by atoms with van der Waals surface area (Å²) in [5.74, 6) is 0. The number of nitrogen functional groups attached to an aromatic ring is 1.